The Morgan fingerprint density at radius 2 is 2.27 bits per heavy atom. The van der Waals surface area contributed by atoms with Gasteiger partial charge in [-0.3, -0.25) is 9.89 Å². The van der Waals surface area contributed by atoms with Gasteiger partial charge < -0.3 is 0 Å². The first-order valence-electron chi connectivity index (χ1n) is 5.71. The minimum atomic E-state index is 0.0965. The second-order valence-electron chi connectivity index (χ2n) is 4.20. The molecular weight excluding hydrogens is 188 g/mol. The summed E-state index contributed by atoms with van der Waals surface area (Å²) in [7, 11) is 0. The van der Waals surface area contributed by atoms with E-state index in [1.807, 2.05) is 19.9 Å². The third kappa shape index (κ3) is 3.50. The highest BCUT2D eigenvalue weighted by atomic mass is 16.1. The van der Waals surface area contributed by atoms with Crippen molar-refractivity contribution >= 4 is 5.78 Å². The van der Waals surface area contributed by atoms with Crippen molar-refractivity contribution in [2.24, 2.45) is 5.92 Å². The van der Waals surface area contributed by atoms with Gasteiger partial charge in [-0.05, 0) is 19.4 Å². The van der Waals surface area contributed by atoms with Crippen LogP contribution in [-0.2, 0) is 0 Å². The number of carbonyl (C=O) groups excluding carboxylic acids is 1. The lowest BCUT2D eigenvalue weighted by atomic mass is 9.97. The Morgan fingerprint density at radius 1 is 1.53 bits per heavy atom. The fourth-order valence-electron chi connectivity index (χ4n) is 1.63. The van der Waals surface area contributed by atoms with Crippen LogP contribution in [0.2, 0.25) is 0 Å². The molecule has 1 aromatic heterocycles. The first kappa shape index (κ1) is 12.0. The average Bonchev–Trinajstić information content (AvgIpc) is 2.64. The Bertz CT molecular complexity index is 317. The minimum Gasteiger partial charge on any atom is -0.292 e. The number of H-pyrrole nitrogens is 1. The number of Topliss-reactive ketones (excluding diaryl/α,β-unsaturated/α-hetero) is 1. The van der Waals surface area contributed by atoms with E-state index in [1.54, 1.807) is 0 Å². The molecule has 0 spiro atoms. The van der Waals surface area contributed by atoms with Crippen LogP contribution < -0.4 is 0 Å². The fraction of sp³-hybridized carbons (Fsp3) is 0.667. The number of carbonyl (C=O) groups is 1. The zero-order valence-corrected chi connectivity index (χ0v) is 9.84. The van der Waals surface area contributed by atoms with E-state index in [4.69, 9.17) is 0 Å². The van der Waals surface area contributed by atoms with Crippen molar-refractivity contribution in [1.82, 2.24) is 10.2 Å². The normalized spacial score (nSPS) is 12.7. The molecule has 15 heavy (non-hydrogen) atoms. The molecule has 0 aromatic carbocycles. The molecule has 0 amide bonds. The number of nitrogens with one attached hydrogen (secondary N) is 1. The van der Waals surface area contributed by atoms with E-state index in [0.29, 0.717) is 5.69 Å². The van der Waals surface area contributed by atoms with Crippen molar-refractivity contribution in [1.29, 1.82) is 0 Å². The van der Waals surface area contributed by atoms with E-state index in [-0.39, 0.29) is 11.7 Å². The molecule has 1 N–H and O–H groups in total. The molecule has 84 valence electrons. The van der Waals surface area contributed by atoms with E-state index in [0.717, 1.165) is 18.5 Å². The Hall–Kier alpha value is -1.12. The summed E-state index contributed by atoms with van der Waals surface area (Å²) in [5.41, 5.74) is 1.52. The third-order valence-corrected chi connectivity index (χ3v) is 2.65. The van der Waals surface area contributed by atoms with Crippen LogP contribution in [0.3, 0.4) is 0 Å². The summed E-state index contributed by atoms with van der Waals surface area (Å²) in [4.78, 5) is 11.9. The van der Waals surface area contributed by atoms with Gasteiger partial charge in [-0.25, -0.2) is 0 Å². The van der Waals surface area contributed by atoms with Crippen LogP contribution in [0.25, 0.3) is 0 Å². The van der Waals surface area contributed by atoms with Gasteiger partial charge in [-0.15, -0.1) is 0 Å². The van der Waals surface area contributed by atoms with Crippen LogP contribution in [0.4, 0.5) is 0 Å². The predicted molar refractivity (Wildman–Crippen MR) is 61.0 cm³/mol. The summed E-state index contributed by atoms with van der Waals surface area (Å²) in [6.45, 7) is 6.07. The van der Waals surface area contributed by atoms with Crippen molar-refractivity contribution in [3.8, 4) is 0 Å². The average molecular weight is 208 g/mol. The highest BCUT2D eigenvalue weighted by Gasteiger charge is 2.16. The van der Waals surface area contributed by atoms with Crippen LogP contribution in [0.1, 0.15) is 55.7 Å². The number of unbranched alkanes of at least 4 members (excludes halogenated alkanes) is 2. The summed E-state index contributed by atoms with van der Waals surface area (Å²) in [6, 6.07) is 1.82. The zero-order chi connectivity index (χ0) is 11.3. The second kappa shape index (κ2) is 5.69. The molecule has 0 fully saturated rings. The first-order valence-corrected chi connectivity index (χ1v) is 5.71. The van der Waals surface area contributed by atoms with E-state index in [2.05, 4.69) is 17.1 Å². The standard InChI is InChI=1S/C12H20N2O/c1-4-5-6-7-9(2)12(15)11-8-10(3)13-14-11/h8-9H,4-7H2,1-3H3,(H,13,14). The van der Waals surface area contributed by atoms with Crippen LogP contribution in [0, 0.1) is 12.8 Å². The van der Waals surface area contributed by atoms with Crippen molar-refractivity contribution in [3.63, 3.8) is 0 Å². The molecule has 1 atom stereocenters. The van der Waals surface area contributed by atoms with E-state index in [1.165, 1.54) is 12.8 Å². The summed E-state index contributed by atoms with van der Waals surface area (Å²) in [5.74, 6) is 0.259. The lowest BCUT2D eigenvalue weighted by molar-refractivity contribution is 0.0917. The van der Waals surface area contributed by atoms with Gasteiger partial charge >= 0.3 is 0 Å². The van der Waals surface area contributed by atoms with Crippen molar-refractivity contribution in [2.45, 2.75) is 46.5 Å². The minimum absolute atomic E-state index is 0.0965. The summed E-state index contributed by atoms with van der Waals surface area (Å²) in [5, 5.41) is 6.79. The number of ketones is 1. The number of aromatic nitrogens is 2. The highest BCUT2D eigenvalue weighted by molar-refractivity contribution is 5.95. The molecule has 0 aliphatic rings. The smallest absolute Gasteiger partial charge is 0.185 e. The Balaban J connectivity index is 2.46. The quantitative estimate of drug-likeness (QED) is 0.576. The SMILES string of the molecule is CCCCCC(C)C(=O)c1cc(C)[nH]n1. The zero-order valence-electron chi connectivity index (χ0n) is 9.84. The molecule has 0 radical (unpaired) electrons. The summed E-state index contributed by atoms with van der Waals surface area (Å²) >= 11 is 0. The molecule has 1 unspecified atom stereocenters. The molecule has 0 bridgehead atoms. The Labute approximate surface area is 91.3 Å². The van der Waals surface area contributed by atoms with Gasteiger partial charge in [-0.2, -0.15) is 5.10 Å². The maximum absolute atomic E-state index is 11.9. The van der Waals surface area contributed by atoms with Crippen LogP contribution >= 0.6 is 0 Å². The molecule has 1 rings (SSSR count). The lowest BCUT2D eigenvalue weighted by Crippen LogP contribution is -2.11. The monoisotopic (exact) mass is 208 g/mol. The van der Waals surface area contributed by atoms with E-state index in [9.17, 15) is 4.79 Å². The maximum Gasteiger partial charge on any atom is 0.185 e. The molecular formula is C12H20N2O. The van der Waals surface area contributed by atoms with Crippen molar-refractivity contribution in [2.75, 3.05) is 0 Å². The third-order valence-electron chi connectivity index (χ3n) is 2.65. The van der Waals surface area contributed by atoms with Crippen LogP contribution in [0.5, 0.6) is 0 Å². The molecule has 0 aliphatic carbocycles. The van der Waals surface area contributed by atoms with Gasteiger partial charge in [0.2, 0.25) is 0 Å². The largest absolute Gasteiger partial charge is 0.292 e. The fourth-order valence-corrected chi connectivity index (χ4v) is 1.63. The molecule has 3 nitrogen and oxygen atoms in total. The molecule has 0 aliphatic heterocycles. The Kier molecular flexibility index (Phi) is 4.53. The van der Waals surface area contributed by atoms with E-state index >= 15 is 0 Å². The van der Waals surface area contributed by atoms with Crippen LogP contribution in [0.15, 0.2) is 6.07 Å². The number of rotatable bonds is 6. The van der Waals surface area contributed by atoms with Gasteiger partial charge in [0.25, 0.3) is 0 Å². The molecule has 3 heteroatoms. The van der Waals surface area contributed by atoms with Crippen LogP contribution in [-0.4, -0.2) is 16.0 Å². The number of aryl methyl sites for hydroxylation is 1. The highest BCUT2D eigenvalue weighted by Crippen LogP contribution is 2.14. The molecule has 1 aromatic rings. The van der Waals surface area contributed by atoms with Gasteiger partial charge in [0, 0.05) is 11.6 Å². The Morgan fingerprint density at radius 3 is 2.80 bits per heavy atom. The predicted octanol–water partition coefficient (Wildman–Crippen LogP) is 3.12. The van der Waals surface area contributed by atoms with Gasteiger partial charge in [0.1, 0.15) is 5.69 Å². The summed E-state index contributed by atoms with van der Waals surface area (Å²) in [6.07, 6.45) is 4.50. The number of nitrogens with zero attached hydrogens (tertiary/aromatic N) is 1. The maximum atomic E-state index is 11.9. The van der Waals surface area contributed by atoms with Crippen molar-refractivity contribution in [3.05, 3.63) is 17.5 Å². The lowest BCUT2D eigenvalue weighted by Gasteiger charge is -2.07. The first-order chi connectivity index (χ1) is 7.15. The van der Waals surface area contributed by atoms with Crippen molar-refractivity contribution < 1.29 is 4.79 Å². The molecule has 1 heterocycles. The number of aromatic amines is 1. The van der Waals surface area contributed by atoms with Gasteiger partial charge in [-0.1, -0.05) is 33.1 Å². The summed E-state index contributed by atoms with van der Waals surface area (Å²) < 4.78 is 0. The van der Waals surface area contributed by atoms with Gasteiger partial charge in [0.05, 0.1) is 0 Å². The molecule has 0 saturated carbocycles. The topological polar surface area (TPSA) is 45.8 Å². The van der Waals surface area contributed by atoms with Gasteiger partial charge in [0.15, 0.2) is 5.78 Å². The number of hydrogen-bond acceptors (Lipinski definition) is 2. The second-order valence-corrected chi connectivity index (χ2v) is 4.20. The molecule has 0 saturated heterocycles. The number of hydrogen-bond donors (Lipinski definition) is 1. The van der Waals surface area contributed by atoms with E-state index < -0.39 is 0 Å².